The molecule has 0 aliphatic heterocycles. The lowest BCUT2D eigenvalue weighted by atomic mass is 9.71. The van der Waals surface area contributed by atoms with Crippen LogP contribution in [0, 0.1) is 5.92 Å². The highest BCUT2D eigenvalue weighted by Gasteiger charge is 2.46. The maximum atomic E-state index is 13.1. The summed E-state index contributed by atoms with van der Waals surface area (Å²) >= 11 is 0. The van der Waals surface area contributed by atoms with Crippen LogP contribution in [0.15, 0.2) is 72.8 Å². The van der Waals surface area contributed by atoms with Crippen molar-refractivity contribution >= 4 is 11.6 Å². The lowest BCUT2D eigenvalue weighted by Crippen LogP contribution is -2.28. The first-order valence-electron chi connectivity index (χ1n) is 8.59. The molecule has 0 unspecified atom stereocenters. The fraction of sp³-hybridized carbons (Fsp3) is 0.130. The average Bonchev–Trinajstić information content (AvgIpc) is 2.91. The highest BCUT2D eigenvalue weighted by atomic mass is 16.2. The van der Waals surface area contributed by atoms with Gasteiger partial charge in [0.15, 0.2) is 11.6 Å². The van der Waals surface area contributed by atoms with Crippen LogP contribution in [0.1, 0.15) is 48.9 Å². The molecule has 25 heavy (non-hydrogen) atoms. The van der Waals surface area contributed by atoms with Crippen molar-refractivity contribution < 1.29 is 9.59 Å². The molecule has 2 nitrogen and oxygen atoms in total. The van der Waals surface area contributed by atoms with Crippen molar-refractivity contribution in [2.24, 2.45) is 5.92 Å². The molecule has 5 rings (SSSR count). The maximum Gasteiger partial charge on any atom is 0.175 e. The van der Waals surface area contributed by atoms with E-state index in [9.17, 15) is 9.59 Å². The first-order chi connectivity index (χ1) is 12.3. The van der Waals surface area contributed by atoms with E-state index in [2.05, 4.69) is 24.3 Å². The number of carbonyl (C=O) groups excluding carboxylic acids is 2. The molecule has 0 fully saturated rings. The summed E-state index contributed by atoms with van der Waals surface area (Å²) in [5.41, 5.74) is 5.78. The van der Waals surface area contributed by atoms with Gasteiger partial charge in [0.2, 0.25) is 0 Å². The van der Waals surface area contributed by atoms with Crippen LogP contribution in [0.5, 0.6) is 0 Å². The molecule has 0 saturated carbocycles. The van der Waals surface area contributed by atoms with Gasteiger partial charge in [-0.2, -0.15) is 0 Å². The van der Waals surface area contributed by atoms with Crippen LogP contribution in [0.25, 0.3) is 0 Å². The number of hydrogen-bond acceptors (Lipinski definition) is 2. The van der Waals surface area contributed by atoms with Crippen molar-refractivity contribution in [3.05, 3.63) is 106 Å². The third kappa shape index (κ3) is 1.97. The van der Waals surface area contributed by atoms with Crippen LogP contribution >= 0.6 is 0 Å². The molecule has 0 N–H and O–H groups in total. The molecule has 0 amide bonds. The number of benzene rings is 3. The van der Waals surface area contributed by atoms with Gasteiger partial charge < -0.3 is 0 Å². The minimum atomic E-state index is -0.653. The summed E-state index contributed by atoms with van der Waals surface area (Å²) < 4.78 is 0. The lowest BCUT2D eigenvalue weighted by molar-refractivity contribution is 0.0824. The number of rotatable bonds is 1. The van der Waals surface area contributed by atoms with E-state index in [1.165, 1.54) is 11.1 Å². The molecule has 0 spiro atoms. The number of ketones is 2. The van der Waals surface area contributed by atoms with Crippen LogP contribution < -0.4 is 0 Å². The fourth-order valence-corrected chi connectivity index (χ4v) is 4.40. The zero-order chi connectivity index (χ0) is 17.0. The van der Waals surface area contributed by atoms with Crippen LogP contribution in [-0.4, -0.2) is 11.6 Å². The molecule has 2 aliphatic carbocycles. The zero-order valence-electron chi connectivity index (χ0n) is 13.6. The number of carbonyl (C=O) groups is 2. The first kappa shape index (κ1) is 14.4. The second-order valence-corrected chi connectivity index (χ2v) is 6.80. The third-order valence-corrected chi connectivity index (χ3v) is 5.52. The quantitative estimate of drug-likeness (QED) is 0.621. The van der Waals surface area contributed by atoms with Crippen molar-refractivity contribution in [3.8, 4) is 0 Å². The van der Waals surface area contributed by atoms with Gasteiger partial charge in [0.05, 0.1) is 5.92 Å². The van der Waals surface area contributed by atoms with E-state index >= 15 is 0 Å². The number of Topliss-reactive ketones (excluding diaryl/α,β-unsaturated/α-hetero) is 2. The number of fused-ring (bicyclic) bond motifs is 3. The van der Waals surface area contributed by atoms with E-state index in [0.29, 0.717) is 11.1 Å². The number of hydrogen-bond donors (Lipinski definition) is 0. The smallest absolute Gasteiger partial charge is 0.175 e. The second-order valence-electron chi connectivity index (χ2n) is 6.80. The zero-order valence-corrected chi connectivity index (χ0v) is 13.6. The normalized spacial score (nSPS) is 16.5. The standard InChI is InChI=1S/C23H16O2/c24-22-18-11-5-6-12-19(18)23(25)21(22)20-16-9-3-1-7-14(16)13-15-8-2-4-10-17(15)20/h1-12,20-21H,13H2. The van der Waals surface area contributed by atoms with Crippen molar-refractivity contribution in [3.63, 3.8) is 0 Å². The van der Waals surface area contributed by atoms with Gasteiger partial charge >= 0.3 is 0 Å². The summed E-state index contributed by atoms with van der Waals surface area (Å²) in [5, 5.41) is 0. The van der Waals surface area contributed by atoms with Crippen molar-refractivity contribution in [1.29, 1.82) is 0 Å². The summed E-state index contributed by atoms with van der Waals surface area (Å²) in [6.45, 7) is 0. The van der Waals surface area contributed by atoms with E-state index in [0.717, 1.165) is 17.5 Å². The summed E-state index contributed by atoms with van der Waals surface area (Å²) in [6.07, 6.45) is 0.852. The van der Waals surface area contributed by atoms with Gasteiger partial charge in [-0.1, -0.05) is 72.8 Å². The first-order valence-corrected chi connectivity index (χ1v) is 8.59. The molecule has 0 aromatic heterocycles. The van der Waals surface area contributed by atoms with Crippen LogP contribution in [0.2, 0.25) is 0 Å². The second kappa shape index (κ2) is 5.25. The Balaban J connectivity index is 1.73. The van der Waals surface area contributed by atoms with Crippen LogP contribution in [0.3, 0.4) is 0 Å². The molecular formula is C23H16O2. The van der Waals surface area contributed by atoms with E-state index < -0.39 is 5.92 Å². The Labute approximate surface area is 146 Å². The van der Waals surface area contributed by atoms with Crippen LogP contribution in [-0.2, 0) is 6.42 Å². The van der Waals surface area contributed by atoms with Gasteiger partial charge in [0, 0.05) is 17.0 Å². The van der Waals surface area contributed by atoms with Crippen molar-refractivity contribution in [2.45, 2.75) is 12.3 Å². The van der Waals surface area contributed by atoms with Gasteiger partial charge in [-0.05, 0) is 28.7 Å². The summed E-state index contributed by atoms with van der Waals surface area (Å²) in [6, 6.07) is 23.6. The van der Waals surface area contributed by atoms with E-state index in [1.807, 2.05) is 36.4 Å². The van der Waals surface area contributed by atoms with E-state index in [4.69, 9.17) is 0 Å². The highest BCUT2D eigenvalue weighted by Crippen LogP contribution is 2.45. The Morgan fingerprint density at radius 3 is 1.52 bits per heavy atom. The summed E-state index contributed by atoms with van der Waals surface area (Å²) in [5.74, 6) is -0.942. The van der Waals surface area contributed by atoms with Gasteiger partial charge in [-0.25, -0.2) is 0 Å². The molecule has 0 saturated heterocycles. The maximum absolute atomic E-state index is 13.1. The molecular weight excluding hydrogens is 308 g/mol. The summed E-state index contributed by atoms with van der Waals surface area (Å²) in [7, 11) is 0. The molecule has 0 atom stereocenters. The minimum Gasteiger partial charge on any atom is -0.293 e. The molecule has 3 aromatic carbocycles. The Kier molecular flexibility index (Phi) is 3.01. The van der Waals surface area contributed by atoms with Gasteiger partial charge in [-0.15, -0.1) is 0 Å². The molecule has 0 bridgehead atoms. The topological polar surface area (TPSA) is 34.1 Å². The van der Waals surface area contributed by atoms with Gasteiger partial charge in [0.1, 0.15) is 0 Å². The Morgan fingerprint density at radius 2 is 1.00 bits per heavy atom. The SMILES string of the molecule is O=C1c2ccccc2C(=O)C1C1c2ccccc2Cc2ccccc21. The van der Waals surface area contributed by atoms with E-state index in [-0.39, 0.29) is 17.5 Å². The molecule has 2 aliphatic rings. The summed E-state index contributed by atoms with van der Waals surface area (Å²) in [4.78, 5) is 26.2. The Morgan fingerprint density at radius 1 is 0.560 bits per heavy atom. The molecule has 120 valence electrons. The third-order valence-electron chi connectivity index (χ3n) is 5.52. The molecule has 0 heterocycles. The van der Waals surface area contributed by atoms with Crippen molar-refractivity contribution in [2.75, 3.05) is 0 Å². The van der Waals surface area contributed by atoms with E-state index in [1.54, 1.807) is 12.1 Å². The van der Waals surface area contributed by atoms with Crippen molar-refractivity contribution in [1.82, 2.24) is 0 Å². The Hall–Kier alpha value is -3.00. The average molecular weight is 324 g/mol. The fourth-order valence-electron chi connectivity index (χ4n) is 4.40. The Bertz CT molecular complexity index is 951. The van der Waals surface area contributed by atoms with Crippen LogP contribution in [0.4, 0.5) is 0 Å². The van der Waals surface area contributed by atoms with Gasteiger partial charge in [0.25, 0.3) is 0 Å². The largest absolute Gasteiger partial charge is 0.293 e. The predicted molar refractivity (Wildman–Crippen MR) is 96.1 cm³/mol. The molecule has 3 aromatic rings. The molecule has 2 heteroatoms. The predicted octanol–water partition coefficient (Wildman–Crippen LogP) is 4.42. The monoisotopic (exact) mass is 324 g/mol. The lowest BCUT2D eigenvalue weighted by Gasteiger charge is -2.31. The highest BCUT2D eigenvalue weighted by molar-refractivity contribution is 6.27. The molecule has 0 radical (unpaired) electrons. The van der Waals surface area contributed by atoms with Gasteiger partial charge in [-0.3, -0.25) is 9.59 Å². The minimum absolute atomic E-state index is 0.0443.